The predicted octanol–water partition coefficient (Wildman–Crippen LogP) is 0.631. The molecular formula is C13H20N4O. The van der Waals surface area contributed by atoms with Gasteiger partial charge in [0.15, 0.2) is 0 Å². The van der Waals surface area contributed by atoms with Crippen molar-refractivity contribution in [2.75, 3.05) is 38.1 Å². The van der Waals surface area contributed by atoms with E-state index in [1.165, 1.54) is 12.8 Å². The lowest BCUT2D eigenvalue weighted by Gasteiger charge is -2.19. The zero-order valence-electron chi connectivity index (χ0n) is 10.8. The molecule has 2 rings (SSSR count). The van der Waals surface area contributed by atoms with E-state index in [9.17, 15) is 4.79 Å². The second kappa shape index (κ2) is 6.35. The number of rotatable bonds is 5. The minimum absolute atomic E-state index is 0.0414. The van der Waals surface area contributed by atoms with Crippen molar-refractivity contribution < 1.29 is 4.79 Å². The van der Waals surface area contributed by atoms with Gasteiger partial charge in [-0.25, -0.2) is 4.98 Å². The van der Waals surface area contributed by atoms with Gasteiger partial charge < -0.3 is 15.5 Å². The van der Waals surface area contributed by atoms with Crippen molar-refractivity contribution in [1.29, 1.82) is 0 Å². The van der Waals surface area contributed by atoms with E-state index in [2.05, 4.69) is 20.5 Å². The molecule has 0 aromatic carbocycles. The predicted molar refractivity (Wildman–Crippen MR) is 71.9 cm³/mol. The third-order valence-electron chi connectivity index (χ3n) is 3.10. The van der Waals surface area contributed by atoms with Crippen molar-refractivity contribution in [3.8, 4) is 0 Å². The molecule has 1 aromatic heterocycles. The molecule has 1 aliphatic rings. The highest BCUT2D eigenvalue weighted by Crippen LogP contribution is 2.21. The summed E-state index contributed by atoms with van der Waals surface area (Å²) >= 11 is 0. The van der Waals surface area contributed by atoms with Crippen LogP contribution < -0.4 is 15.5 Å². The van der Waals surface area contributed by atoms with Gasteiger partial charge in [-0.05, 0) is 32.0 Å². The molecule has 2 N–H and O–H groups in total. The van der Waals surface area contributed by atoms with Gasteiger partial charge in [0.1, 0.15) is 5.82 Å². The van der Waals surface area contributed by atoms with E-state index in [0.29, 0.717) is 12.1 Å². The lowest BCUT2D eigenvalue weighted by molar-refractivity contribution is 0.0954. The lowest BCUT2D eigenvalue weighted by Crippen LogP contribution is -2.32. The Morgan fingerprint density at radius 3 is 2.89 bits per heavy atom. The Hall–Kier alpha value is -1.62. The van der Waals surface area contributed by atoms with Crippen LogP contribution in [-0.2, 0) is 0 Å². The number of nitrogens with one attached hydrogen (secondary N) is 2. The highest BCUT2D eigenvalue weighted by atomic mass is 16.1. The van der Waals surface area contributed by atoms with Gasteiger partial charge in [-0.1, -0.05) is 0 Å². The van der Waals surface area contributed by atoms with Crippen LogP contribution >= 0.6 is 0 Å². The van der Waals surface area contributed by atoms with Crippen LogP contribution in [0.1, 0.15) is 23.2 Å². The highest BCUT2D eigenvalue weighted by Gasteiger charge is 2.19. The van der Waals surface area contributed by atoms with Crippen LogP contribution in [0, 0.1) is 0 Å². The average Bonchev–Trinajstić information content (AvgIpc) is 2.93. The van der Waals surface area contributed by atoms with Gasteiger partial charge in [0.25, 0.3) is 5.91 Å². The summed E-state index contributed by atoms with van der Waals surface area (Å²) in [4.78, 5) is 18.6. The normalized spacial score (nSPS) is 14.8. The Kier molecular flexibility index (Phi) is 4.52. The number of amides is 1. The van der Waals surface area contributed by atoms with Gasteiger partial charge in [-0.3, -0.25) is 4.79 Å². The topological polar surface area (TPSA) is 57.3 Å². The number of likely N-dealkylation sites (N-methyl/N-ethyl adjacent to an activating group) is 1. The molecule has 0 aliphatic carbocycles. The Bertz CT molecular complexity index is 402. The number of pyridine rings is 1. The van der Waals surface area contributed by atoms with Crippen LogP contribution in [0.15, 0.2) is 18.3 Å². The van der Waals surface area contributed by atoms with Gasteiger partial charge in [-0.15, -0.1) is 0 Å². The number of hydrogen-bond donors (Lipinski definition) is 2. The van der Waals surface area contributed by atoms with E-state index in [4.69, 9.17) is 0 Å². The van der Waals surface area contributed by atoms with E-state index >= 15 is 0 Å². The van der Waals surface area contributed by atoms with Crippen LogP contribution in [-0.4, -0.2) is 44.1 Å². The number of anilines is 1. The second-order valence-corrected chi connectivity index (χ2v) is 4.43. The number of carbonyl (C=O) groups excluding carboxylic acids is 1. The molecule has 0 unspecified atom stereocenters. The lowest BCUT2D eigenvalue weighted by atomic mass is 10.2. The van der Waals surface area contributed by atoms with E-state index in [0.717, 1.165) is 25.5 Å². The van der Waals surface area contributed by atoms with Crippen LogP contribution in [0.25, 0.3) is 0 Å². The second-order valence-electron chi connectivity index (χ2n) is 4.43. The fourth-order valence-corrected chi connectivity index (χ4v) is 2.15. The van der Waals surface area contributed by atoms with Crippen molar-refractivity contribution >= 4 is 11.7 Å². The summed E-state index contributed by atoms with van der Waals surface area (Å²) in [5.74, 6) is 0.775. The Morgan fingerprint density at radius 2 is 2.17 bits per heavy atom. The van der Waals surface area contributed by atoms with Gasteiger partial charge in [0.2, 0.25) is 0 Å². The molecule has 0 atom stereocenters. The summed E-state index contributed by atoms with van der Waals surface area (Å²) in [6.45, 7) is 3.39. The molecule has 5 nitrogen and oxygen atoms in total. The van der Waals surface area contributed by atoms with Crippen molar-refractivity contribution in [3.63, 3.8) is 0 Å². The monoisotopic (exact) mass is 248 g/mol. The van der Waals surface area contributed by atoms with Crippen LogP contribution in [0.2, 0.25) is 0 Å². The van der Waals surface area contributed by atoms with Gasteiger partial charge >= 0.3 is 0 Å². The minimum Gasteiger partial charge on any atom is -0.356 e. The molecule has 1 saturated heterocycles. The van der Waals surface area contributed by atoms with Crippen LogP contribution in [0.5, 0.6) is 0 Å². The number of nitrogens with zero attached hydrogens (tertiary/aromatic N) is 2. The zero-order valence-corrected chi connectivity index (χ0v) is 10.8. The maximum absolute atomic E-state index is 12.1. The van der Waals surface area contributed by atoms with Crippen molar-refractivity contribution in [1.82, 2.24) is 15.6 Å². The van der Waals surface area contributed by atoms with Crippen molar-refractivity contribution in [2.45, 2.75) is 12.8 Å². The molecule has 18 heavy (non-hydrogen) atoms. The van der Waals surface area contributed by atoms with E-state index < -0.39 is 0 Å². The van der Waals surface area contributed by atoms with E-state index in [1.807, 2.05) is 19.2 Å². The Balaban J connectivity index is 2.08. The van der Waals surface area contributed by atoms with Crippen molar-refractivity contribution in [2.24, 2.45) is 0 Å². The Morgan fingerprint density at radius 1 is 1.39 bits per heavy atom. The van der Waals surface area contributed by atoms with Gasteiger partial charge in [0, 0.05) is 32.4 Å². The fraction of sp³-hybridized carbons (Fsp3) is 0.538. The summed E-state index contributed by atoms with van der Waals surface area (Å²) in [5.41, 5.74) is 0.676. The minimum atomic E-state index is -0.0414. The zero-order chi connectivity index (χ0) is 12.8. The molecule has 0 radical (unpaired) electrons. The molecule has 2 heterocycles. The molecule has 0 spiro atoms. The maximum Gasteiger partial charge on any atom is 0.255 e. The molecule has 1 amide bonds. The molecule has 1 fully saturated rings. The third kappa shape index (κ3) is 2.98. The van der Waals surface area contributed by atoms with E-state index in [-0.39, 0.29) is 5.91 Å². The SMILES string of the molecule is CNCCNC(=O)c1cccnc1N1CCCC1. The first-order valence-corrected chi connectivity index (χ1v) is 6.45. The first-order chi connectivity index (χ1) is 8.83. The number of hydrogen-bond acceptors (Lipinski definition) is 4. The molecule has 0 saturated carbocycles. The van der Waals surface area contributed by atoms with Gasteiger partial charge in [0.05, 0.1) is 5.56 Å². The summed E-state index contributed by atoms with van der Waals surface area (Å²) in [7, 11) is 1.87. The quantitative estimate of drug-likeness (QED) is 0.751. The maximum atomic E-state index is 12.1. The molecular weight excluding hydrogens is 228 g/mol. The standard InChI is InChI=1S/C13H20N4O/c1-14-7-8-16-13(18)11-5-4-6-15-12(11)17-9-2-3-10-17/h4-6,14H,2-3,7-10H2,1H3,(H,16,18). The largest absolute Gasteiger partial charge is 0.356 e. The van der Waals surface area contributed by atoms with E-state index in [1.54, 1.807) is 6.20 Å². The highest BCUT2D eigenvalue weighted by molar-refractivity contribution is 5.98. The smallest absolute Gasteiger partial charge is 0.255 e. The summed E-state index contributed by atoms with van der Waals surface area (Å²) in [6, 6.07) is 3.65. The molecule has 98 valence electrons. The first kappa shape index (κ1) is 12.8. The Labute approximate surface area is 108 Å². The number of aromatic nitrogens is 1. The molecule has 1 aliphatic heterocycles. The third-order valence-corrected chi connectivity index (χ3v) is 3.10. The summed E-state index contributed by atoms with van der Waals surface area (Å²) in [6.07, 6.45) is 4.10. The molecule has 5 heteroatoms. The summed E-state index contributed by atoms with van der Waals surface area (Å²) in [5, 5.41) is 5.90. The van der Waals surface area contributed by atoms with Crippen molar-refractivity contribution in [3.05, 3.63) is 23.9 Å². The first-order valence-electron chi connectivity index (χ1n) is 6.45. The molecule has 0 bridgehead atoms. The fourth-order valence-electron chi connectivity index (χ4n) is 2.15. The average molecular weight is 248 g/mol. The van der Waals surface area contributed by atoms with Crippen LogP contribution in [0.3, 0.4) is 0 Å². The van der Waals surface area contributed by atoms with Crippen LogP contribution in [0.4, 0.5) is 5.82 Å². The molecule has 1 aromatic rings. The number of carbonyl (C=O) groups is 1. The summed E-state index contributed by atoms with van der Waals surface area (Å²) < 4.78 is 0. The van der Waals surface area contributed by atoms with Gasteiger partial charge in [-0.2, -0.15) is 0 Å².